The molecule has 0 bridgehead atoms. The number of benzene rings is 1. The van der Waals surface area contributed by atoms with Crippen LogP contribution >= 0.6 is 0 Å². The van der Waals surface area contributed by atoms with Crippen molar-refractivity contribution in [3.05, 3.63) is 29.8 Å². The van der Waals surface area contributed by atoms with Gasteiger partial charge in [0.15, 0.2) is 0 Å². The SMILES string of the molecule is NS(=O)(=O)Nc1ccc(CCO)cc1. The highest BCUT2D eigenvalue weighted by Gasteiger charge is 2.01. The summed E-state index contributed by atoms with van der Waals surface area (Å²) in [6, 6.07) is 6.64. The summed E-state index contributed by atoms with van der Waals surface area (Å²) in [5.74, 6) is 0. The van der Waals surface area contributed by atoms with Gasteiger partial charge in [-0.3, -0.25) is 4.72 Å². The Morgan fingerprint density at radius 1 is 1.29 bits per heavy atom. The minimum Gasteiger partial charge on any atom is -0.396 e. The van der Waals surface area contributed by atoms with Gasteiger partial charge in [0.1, 0.15) is 0 Å². The topological polar surface area (TPSA) is 92.4 Å². The molecule has 6 heteroatoms. The van der Waals surface area contributed by atoms with Gasteiger partial charge >= 0.3 is 0 Å². The molecule has 0 saturated heterocycles. The molecule has 0 aromatic heterocycles. The van der Waals surface area contributed by atoms with Crippen LogP contribution in [0.1, 0.15) is 5.56 Å². The summed E-state index contributed by atoms with van der Waals surface area (Å²) >= 11 is 0. The fourth-order valence-corrected chi connectivity index (χ4v) is 1.50. The number of anilines is 1. The molecule has 0 radical (unpaired) electrons. The Hall–Kier alpha value is -1.11. The number of hydrogen-bond donors (Lipinski definition) is 3. The molecule has 1 rings (SSSR count). The molecule has 0 fully saturated rings. The molecule has 78 valence electrons. The Labute approximate surface area is 82.7 Å². The Morgan fingerprint density at radius 3 is 2.29 bits per heavy atom. The van der Waals surface area contributed by atoms with Gasteiger partial charge in [-0.1, -0.05) is 12.1 Å². The largest absolute Gasteiger partial charge is 0.396 e. The molecule has 0 heterocycles. The van der Waals surface area contributed by atoms with Gasteiger partial charge in [-0.05, 0) is 24.1 Å². The summed E-state index contributed by atoms with van der Waals surface area (Å²) < 4.78 is 23.4. The van der Waals surface area contributed by atoms with Crippen molar-refractivity contribution in [2.24, 2.45) is 5.14 Å². The molecule has 0 saturated carbocycles. The summed E-state index contributed by atoms with van der Waals surface area (Å²) in [6.45, 7) is 0.0714. The van der Waals surface area contributed by atoms with Crippen molar-refractivity contribution >= 4 is 15.9 Å². The van der Waals surface area contributed by atoms with Crippen molar-refractivity contribution in [1.82, 2.24) is 0 Å². The van der Waals surface area contributed by atoms with Crippen molar-refractivity contribution < 1.29 is 13.5 Å². The third kappa shape index (κ3) is 3.73. The van der Waals surface area contributed by atoms with E-state index in [0.717, 1.165) is 5.56 Å². The van der Waals surface area contributed by atoms with E-state index in [-0.39, 0.29) is 6.61 Å². The molecule has 0 aliphatic rings. The van der Waals surface area contributed by atoms with E-state index in [0.29, 0.717) is 12.1 Å². The van der Waals surface area contributed by atoms with Crippen LogP contribution in [0, 0.1) is 0 Å². The molecule has 0 aliphatic heterocycles. The summed E-state index contributed by atoms with van der Waals surface area (Å²) in [7, 11) is -3.70. The molecular formula is C8H12N2O3S. The number of rotatable bonds is 4. The van der Waals surface area contributed by atoms with Crippen molar-refractivity contribution in [2.45, 2.75) is 6.42 Å². The van der Waals surface area contributed by atoms with Gasteiger partial charge < -0.3 is 5.11 Å². The monoisotopic (exact) mass is 216 g/mol. The molecule has 0 spiro atoms. The van der Waals surface area contributed by atoms with Crippen LogP contribution in [-0.4, -0.2) is 20.1 Å². The molecule has 1 aromatic carbocycles. The highest BCUT2D eigenvalue weighted by molar-refractivity contribution is 7.90. The smallest absolute Gasteiger partial charge is 0.296 e. The lowest BCUT2D eigenvalue weighted by Gasteiger charge is -2.04. The maximum Gasteiger partial charge on any atom is 0.296 e. The van der Waals surface area contributed by atoms with Crippen molar-refractivity contribution in [3.63, 3.8) is 0 Å². The van der Waals surface area contributed by atoms with Gasteiger partial charge in [-0.25, -0.2) is 5.14 Å². The predicted octanol–water partition coefficient (Wildman–Crippen LogP) is -0.163. The van der Waals surface area contributed by atoms with E-state index >= 15 is 0 Å². The molecule has 0 atom stereocenters. The molecule has 14 heavy (non-hydrogen) atoms. The zero-order chi connectivity index (χ0) is 10.6. The fourth-order valence-electron chi connectivity index (χ4n) is 1.03. The number of nitrogens with two attached hydrogens (primary N) is 1. The minimum atomic E-state index is -3.70. The van der Waals surface area contributed by atoms with Crippen LogP contribution in [0.5, 0.6) is 0 Å². The third-order valence-electron chi connectivity index (χ3n) is 1.61. The zero-order valence-electron chi connectivity index (χ0n) is 7.47. The Morgan fingerprint density at radius 2 is 1.86 bits per heavy atom. The van der Waals surface area contributed by atoms with Crippen molar-refractivity contribution in [1.29, 1.82) is 0 Å². The Balaban J connectivity index is 2.74. The first-order valence-corrected chi connectivity index (χ1v) is 5.56. The molecule has 0 amide bonds. The van der Waals surface area contributed by atoms with E-state index in [9.17, 15) is 8.42 Å². The number of nitrogens with one attached hydrogen (secondary N) is 1. The average molecular weight is 216 g/mol. The van der Waals surface area contributed by atoms with Gasteiger partial charge in [0.05, 0.1) is 0 Å². The van der Waals surface area contributed by atoms with Crippen LogP contribution in [0.2, 0.25) is 0 Å². The molecule has 0 unspecified atom stereocenters. The first-order chi connectivity index (χ1) is 6.51. The third-order valence-corrected chi connectivity index (χ3v) is 2.13. The van der Waals surface area contributed by atoms with Crippen LogP contribution in [0.15, 0.2) is 24.3 Å². The summed E-state index contributed by atoms with van der Waals surface area (Å²) in [5, 5.41) is 13.4. The average Bonchev–Trinajstić information content (AvgIpc) is 2.06. The molecule has 5 nitrogen and oxygen atoms in total. The lowest BCUT2D eigenvalue weighted by molar-refractivity contribution is 0.299. The van der Waals surface area contributed by atoms with E-state index < -0.39 is 10.2 Å². The molecule has 0 aliphatic carbocycles. The van der Waals surface area contributed by atoms with Crippen LogP contribution in [0.4, 0.5) is 5.69 Å². The zero-order valence-corrected chi connectivity index (χ0v) is 8.29. The van der Waals surface area contributed by atoms with Crippen molar-refractivity contribution in [3.8, 4) is 0 Å². The second-order valence-electron chi connectivity index (χ2n) is 2.82. The van der Waals surface area contributed by atoms with E-state index in [1.165, 1.54) is 0 Å². The Kier molecular flexibility index (Phi) is 3.45. The first kappa shape index (κ1) is 11.0. The normalized spacial score (nSPS) is 11.3. The predicted molar refractivity (Wildman–Crippen MR) is 54.0 cm³/mol. The maximum absolute atomic E-state index is 10.6. The maximum atomic E-state index is 10.6. The number of aliphatic hydroxyl groups is 1. The standard InChI is InChI=1S/C8H12N2O3S/c9-14(12,13)10-8-3-1-7(2-4-8)5-6-11/h1-4,10-11H,5-6H2,(H2,9,12,13). The highest BCUT2D eigenvalue weighted by atomic mass is 32.2. The number of hydrogen-bond acceptors (Lipinski definition) is 3. The number of aliphatic hydroxyl groups excluding tert-OH is 1. The summed E-state index contributed by atoms with van der Waals surface area (Å²) in [4.78, 5) is 0. The van der Waals surface area contributed by atoms with Crippen molar-refractivity contribution in [2.75, 3.05) is 11.3 Å². The lowest BCUT2D eigenvalue weighted by Crippen LogP contribution is -2.21. The first-order valence-electron chi connectivity index (χ1n) is 4.01. The summed E-state index contributed by atoms with van der Waals surface area (Å²) in [6.07, 6.45) is 0.551. The Bertz CT molecular complexity index is 386. The van der Waals surface area contributed by atoms with E-state index in [1.807, 2.05) is 0 Å². The van der Waals surface area contributed by atoms with E-state index in [4.69, 9.17) is 10.2 Å². The van der Waals surface area contributed by atoms with Gasteiger partial charge in [0.2, 0.25) is 0 Å². The second-order valence-corrected chi connectivity index (χ2v) is 4.11. The van der Waals surface area contributed by atoms with Gasteiger partial charge in [-0.2, -0.15) is 8.42 Å². The summed E-state index contributed by atoms with van der Waals surface area (Å²) in [5.41, 5.74) is 1.35. The van der Waals surface area contributed by atoms with Crippen LogP contribution < -0.4 is 9.86 Å². The van der Waals surface area contributed by atoms with Gasteiger partial charge in [0, 0.05) is 12.3 Å². The van der Waals surface area contributed by atoms with Crippen LogP contribution in [0.25, 0.3) is 0 Å². The van der Waals surface area contributed by atoms with E-state index in [1.54, 1.807) is 24.3 Å². The van der Waals surface area contributed by atoms with Crippen LogP contribution in [-0.2, 0) is 16.6 Å². The minimum absolute atomic E-state index is 0.0714. The highest BCUT2D eigenvalue weighted by Crippen LogP contribution is 2.10. The molecule has 4 N–H and O–H groups in total. The molecule has 1 aromatic rings. The lowest BCUT2D eigenvalue weighted by atomic mass is 10.1. The molecular weight excluding hydrogens is 204 g/mol. The quantitative estimate of drug-likeness (QED) is 0.652. The van der Waals surface area contributed by atoms with Crippen LogP contribution in [0.3, 0.4) is 0 Å². The van der Waals surface area contributed by atoms with Gasteiger partial charge in [-0.15, -0.1) is 0 Å². The fraction of sp³-hybridized carbons (Fsp3) is 0.250. The van der Waals surface area contributed by atoms with Gasteiger partial charge in [0.25, 0.3) is 10.2 Å². The van der Waals surface area contributed by atoms with E-state index in [2.05, 4.69) is 4.72 Å². The second kappa shape index (κ2) is 4.41.